The summed E-state index contributed by atoms with van der Waals surface area (Å²) in [7, 11) is 0. The van der Waals surface area contributed by atoms with E-state index in [1.165, 1.54) is 16.7 Å². The fraction of sp³-hybridized carbons (Fsp3) is 0.444. The summed E-state index contributed by atoms with van der Waals surface area (Å²) in [5.74, 6) is 0.251. The molecule has 0 fully saturated rings. The van der Waals surface area contributed by atoms with Crippen molar-refractivity contribution in [3.05, 3.63) is 52.8 Å². The molecular formula is C18H25N2OY+. The van der Waals surface area contributed by atoms with Gasteiger partial charge in [0.05, 0.1) is 5.69 Å². The second kappa shape index (κ2) is 8.17. The van der Waals surface area contributed by atoms with E-state index in [0.717, 1.165) is 5.69 Å². The SMILES string of the molecule is Cc1cccc(C)c1CC(=O)Cn1c(C)cc[n+]1C(C)C.[Y]. The number of aromatic nitrogens is 2. The number of ketones is 1. The molecule has 0 aliphatic heterocycles. The molecule has 0 saturated heterocycles. The van der Waals surface area contributed by atoms with E-state index in [9.17, 15) is 4.79 Å². The molecule has 0 aliphatic rings. The maximum Gasteiger partial charge on any atom is 0.196 e. The van der Waals surface area contributed by atoms with Crippen molar-refractivity contribution >= 4 is 5.78 Å². The number of aryl methyl sites for hydroxylation is 3. The van der Waals surface area contributed by atoms with Crippen LogP contribution in [0.4, 0.5) is 0 Å². The fourth-order valence-corrected chi connectivity index (χ4v) is 2.74. The van der Waals surface area contributed by atoms with Crippen molar-refractivity contribution in [2.24, 2.45) is 0 Å². The Hall–Kier alpha value is -0.796. The first-order valence-electron chi connectivity index (χ1n) is 7.54. The molecule has 0 N–H and O–H groups in total. The van der Waals surface area contributed by atoms with Crippen molar-refractivity contribution < 1.29 is 42.2 Å². The maximum absolute atomic E-state index is 12.5. The first-order chi connectivity index (χ1) is 9.90. The summed E-state index contributed by atoms with van der Waals surface area (Å²) in [6.07, 6.45) is 2.56. The molecule has 3 nitrogen and oxygen atoms in total. The average Bonchev–Trinajstić information content (AvgIpc) is 2.76. The molecule has 22 heavy (non-hydrogen) atoms. The topological polar surface area (TPSA) is 25.9 Å². The minimum atomic E-state index is 0. The number of benzene rings is 1. The molecular weight excluding hydrogens is 349 g/mol. The Kier molecular flexibility index (Phi) is 7.15. The molecule has 0 amide bonds. The van der Waals surface area contributed by atoms with Gasteiger partial charge in [0.1, 0.15) is 6.54 Å². The van der Waals surface area contributed by atoms with Crippen LogP contribution < -0.4 is 4.68 Å². The van der Waals surface area contributed by atoms with E-state index >= 15 is 0 Å². The zero-order valence-corrected chi connectivity index (χ0v) is 17.1. The maximum atomic E-state index is 12.5. The molecule has 2 rings (SSSR count). The summed E-state index contributed by atoms with van der Waals surface area (Å²) in [5.41, 5.74) is 4.69. The molecule has 0 bridgehead atoms. The van der Waals surface area contributed by atoms with Gasteiger partial charge in [-0.2, -0.15) is 4.68 Å². The average molecular weight is 374 g/mol. The summed E-state index contributed by atoms with van der Waals surface area (Å²) in [4.78, 5) is 12.5. The molecule has 0 aliphatic carbocycles. The molecule has 115 valence electrons. The molecule has 1 aromatic heterocycles. The zero-order valence-electron chi connectivity index (χ0n) is 14.3. The van der Waals surface area contributed by atoms with Crippen LogP contribution in [-0.4, -0.2) is 10.5 Å². The molecule has 0 saturated carbocycles. The van der Waals surface area contributed by atoms with Gasteiger partial charge in [0, 0.05) is 45.2 Å². The largest absolute Gasteiger partial charge is 0.297 e. The molecule has 1 aromatic carbocycles. The van der Waals surface area contributed by atoms with E-state index in [4.69, 9.17) is 0 Å². The molecule has 1 radical (unpaired) electrons. The third-order valence-corrected chi connectivity index (χ3v) is 4.03. The summed E-state index contributed by atoms with van der Waals surface area (Å²) in [5, 5.41) is 0. The van der Waals surface area contributed by atoms with E-state index in [1.807, 2.05) is 19.2 Å². The number of Topliss-reactive ketones (excluding diaryl/α,β-unsaturated/α-hetero) is 1. The molecule has 4 heteroatoms. The Morgan fingerprint density at radius 3 is 2.27 bits per heavy atom. The van der Waals surface area contributed by atoms with Crippen molar-refractivity contribution in [1.29, 1.82) is 0 Å². The van der Waals surface area contributed by atoms with Crippen molar-refractivity contribution in [3.63, 3.8) is 0 Å². The summed E-state index contributed by atoms with van der Waals surface area (Å²) < 4.78 is 4.19. The predicted octanol–water partition coefficient (Wildman–Crippen LogP) is 3.09. The van der Waals surface area contributed by atoms with Gasteiger partial charge in [0.25, 0.3) is 0 Å². The van der Waals surface area contributed by atoms with Crippen molar-refractivity contribution in [2.75, 3.05) is 0 Å². The predicted molar refractivity (Wildman–Crippen MR) is 84.4 cm³/mol. The van der Waals surface area contributed by atoms with Gasteiger partial charge in [-0.15, -0.1) is 4.68 Å². The van der Waals surface area contributed by atoms with Gasteiger partial charge in [-0.25, -0.2) is 0 Å². The van der Waals surface area contributed by atoms with Gasteiger partial charge in [0.2, 0.25) is 0 Å². The zero-order chi connectivity index (χ0) is 15.6. The Balaban J connectivity index is 0.00000242. The van der Waals surface area contributed by atoms with Crippen LogP contribution in [0.3, 0.4) is 0 Å². The van der Waals surface area contributed by atoms with Crippen LogP contribution >= 0.6 is 0 Å². The quantitative estimate of drug-likeness (QED) is 0.739. The van der Waals surface area contributed by atoms with E-state index in [2.05, 4.69) is 55.3 Å². The third-order valence-electron chi connectivity index (χ3n) is 4.03. The van der Waals surface area contributed by atoms with Gasteiger partial charge >= 0.3 is 0 Å². The number of rotatable bonds is 5. The minimum Gasteiger partial charge on any atom is -0.297 e. The normalized spacial score (nSPS) is 10.6. The van der Waals surface area contributed by atoms with E-state index in [0.29, 0.717) is 19.0 Å². The number of carbonyl (C=O) groups excluding carboxylic acids is 1. The second-order valence-electron chi connectivity index (χ2n) is 6.07. The third kappa shape index (κ3) is 4.36. The van der Waals surface area contributed by atoms with Crippen molar-refractivity contribution in [2.45, 2.75) is 53.6 Å². The van der Waals surface area contributed by atoms with Crippen molar-refractivity contribution in [3.8, 4) is 0 Å². The fourth-order valence-electron chi connectivity index (χ4n) is 2.74. The van der Waals surface area contributed by atoms with Crippen molar-refractivity contribution in [1.82, 2.24) is 4.68 Å². The van der Waals surface area contributed by atoms with Gasteiger partial charge in [-0.1, -0.05) is 18.2 Å². The number of hydrogen-bond donors (Lipinski definition) is 0. The molecule has 0 unspecified atom stereocenters. The van der Waals surface area contributed by atoms with E-state index in [1.54, 1.807) is 0 Å². The second-order valence-corrected chi connectivity index (χ2v) is 6.07. The Morgan fingerprint density at radius 2 is 1.73 bits per heavy atom. The monoisotopic (exact) mass is 374 g/mol. The molecule has 0 atom stereocenters. The van der Waals surface area contributed by atoms with E-state index in [-0.39, 0.29) is 38.5 Å². The van der Waals surface area contributed by atoms with Crippen LogP contribution in [0.1, 0.15) is 42.3 Å². The number of hydrogen-bond acceptors (Lipinski definition) is 1. The van der Waals surface area contributed by atoms with Crippen LogP contribution in [0.15, 0.2) is 30.5 Å². The van der Waals surface area contributed by atoms with Crippen LogP contribution in [0.5, 0.6) is 0 Å². The number of nitrogens with zero attached hydrogens (tertiary/aromatic N) is 2. The summed E-state index contributed by atoms with van der Waals surface area (Å²) >= 11 is 0. The van der Waals surface area contributed by atoms with Gasteiger partial charge in [0.15, 0.2) is 18.0 Å². The van der Waals surface area contributed by atoms with Gasteiger partial charge in [-0.05, 0) is 51.3 Å². The molecule has 2 aromatic rings. The van der Waals surface area contributed by atoms with Gasteiger partial charge in [-0.3, -0.25) is 4.79 Å². The Labute approximate surface area is 158 Å². The van der Waals surface area contributed by atoms with Crippen LogP contribution in [0.25, 0.3) is 0 Å². The van der Waals surface area contributed by atoms with Crippen LogP contribution in [0.2, 0.25) is 0 Å². The van der Waals surface area contributed by atoms with Crippen LogP contribution in [-0.2, 0) is 50.5 Å². The smallest absolute Gasteiger partial charge is 0.196 e. The Morgan fingerprint density at radius 1 is 1.14 bits per heavy atom. The first kappa shape index (κ1) is 19.3. The minimum absolute atomic E-state index is 0. The molecule has 0 spiro atoms. The Bertz CT molecular complexity index is 639. The summed E-state index contributed by atoms with van der Waals surface area (Å²) in [6.45, 7) is 10.9. The summed E-state index contributed by atoms with van der Waals surface area (Å²) in [6, 6.07) is 8.61. The number of carbonyl (C=O) groups is 1. The first-order valence-corrected chi connectivity index (χ1v) is 7.54. The molecule has 1 heterocycles. The van der Waals surface area contributed by atoms with E-state index < -0.39 is 0 Å². The van der Waals surface area contributed by atoms with Crippen LogP contribution in [0, 0.1) is 20.8 Å². The van der Waals surface area contributed by atoms with Gasteiger partial charge < -0.3 is 0 Å². The standard InChI is InChI=1S/C18H25N2O.Y/c1-13(2)19-10-9-16(5)20(19)12-17(21)11-18-14(3)7-6-8-15(18)4;/h6-10,13H,11-12H2,1-5H3;/q+1;.